The normalized spacial score (nSPS) is 10.9. The van der Waals surface area contributed by atoms with Crippen molar-refractivity contribution in [2.24, 2.45) is 0 Å². The first-order chi connectivity index (χ1) is 13.7. The molecule has 0 aliphatic rings. The summed E-state index contributed by atoms with van der Waals surface area (Å²) in [4.78, 5) is 20.9. The first-order valence-electron chi connectivity index (χ1n) is 9.19. The van der Waals surface area contributed by atoms with Crippen molar-refractivity contribution in [3.05, 3.63) is 73.1 Å². The van der Waals surface area contributed by atoms with E-state index in [0.717, 1.165) is 11.2 Å². The number of aromatic nitrogens is 2. The molecule has 6 nitrogen and oxygen atoms in total. The van der Waals surface area contributed by atoms with Crippen molar-refractivity contribution in [3.8, 4) is 0 Å². The first-order valence-corrected chi connectivity index (χ1v) is 9.19. The van der Waals surface area contributed by atoms with Crippen molar-refractivity contribution in [3.63, 3.8) is 0 Å². The van der Waals surface area contributed by atoms with Gasteiger partial charge in [0.1, 0.15) is 5.52 Å². The molecule has 0 saturated heterocycles. The van der Waals surface area contributed by atoms with E-state index in [0.29, 0.717) is 24.3 Å². The molecule has 0 atom stereocenters. The highest BCUT2D eigenvalue weighted by Gasteiger charge is 2.15. The fourth-order valence-electron chi connectivity index (χ4n) is 3.27. The molecule has 1 heterocycles. The van der Waals surface area contributed by atoms with Crippen LogP contribution in [0.5, 0.6) is 0 Å². The molecule has 6 heteroatoms. The lowest BCUT2D eigenvalue weighted by Gasteiger charge is -2.23. The summed E-state index contributed by atoms with van der Waals surface area (Å²) >= 11 is 0. The average Bonchev–Trinajstić information content (AvgIpc) is 2.73. The number of hydrogen-bond acceptors (Lipinski definition) is 5. The predicted molar refractivity (Wildman–Crippen MR) is 113 cm³/mol. The third-order valence-corrected chi connectivity index (χ3v) is 4.53. The maximum Gasteiger partial charge on any atom is 0.238 e. The van der Waals surface area contributed by atoms with Gasteiger partial charge in [-0.15, -0.1) is 0 Å². The van der Waals surface area contributed by atoms with Crippen LogP contribution in [0.25, 0.3) is 21.8 Å². The van der Waals surface area contributed by atoms with Gasteiger partial charge in [0.15, 0.2) is 0 Å². The quantitative estimate of drug-likeness (QED) is 0.399. The number of para-hydroxylation sites is 1. The largest absolute Gasteiger partial charge is 0.383 e. The van der Waals surface area contributed by atoms with Crippen molar-refractivity contribution in [2.45, 2.75) is 6.92 Å². The number of fused-ring (bicyclic) bond motifs is 2. The van der Waals surface area contributed by atoms with Gasteiger partial charge in [-0.05, 0) is 23.6 Å². The number of benzene rings is 3. The van der Waals surface area contributed by atoms with Gasteiger partial charge in [-0.3, -0.25) is 14.8 Å². The molecule has 0 fully saturated rings. The average molecular weight is 371 g/mol. The molecule has 0 aliphatic carbocycles. The van der Waals surface area contributed by atoms with Crippen LogP contribution in [0.4, 0.5) is 11.4 Å². The summed E-state index contributed by atoms with van der Waals surface area (Å²) in [5.74, 6) is -0.108. The Morgan fingerprint density at radius 3 is 2.61 bits per heavy atom. The van der Waals surface area contributed by atoms with Gasteiger partial charge in [-0.1, -0.05) is 42.5 Å². The molecule has 4 aromatic rings. The Hall–Kier alpha value is -3.51. The van der Waals surface area contributed by atoms with Gasteiger partial charge in [-0.2, -0.15) is 0 Å². The molecule has 28 heavy (non-hydrogen) atoms. The monoisotopic (exact) mass is 371 g/mol. The van der Waals surface area contributed by atoms with E-state index >= 15 is 0 Å². The fourth-order valence-corrected chi connectivity index (χ4v) is 3.27. The number of nitrogens with zero attached hydrogens (tertiary/aromatic N) is 3. The number of amides is 1. The van der Waals surface area contributed by atoms with Crippen LogP contribution in [0.15, 0.2) is 73.1 Å². The summed E-state index contributed by atoms with van der Waals surface area (Å²) in [7, 11) is 0. The molecule has 0 unspecified atom stereocenters. The summed E-state index contributed by atoms with van der Waals surface area (Å²) in [5, 5.41) is 7.34. The number of carbonyl (C=O) groups is 1. The third-order valence-electron chi connectivity index (χ3n) is 4.53. The number of hydrogen-bond donors (Lipinski definition) is 2. The molecule has 0 aliphatic heterocycles. The maximum absolute atomic E-state index is 12.2. The van der Waals surface area contributed by atoms with E-state index in [2.05, 4.69) is 45.0 Å². The Balaban J connectivity index is 1.47. The van der Waals surface area contributed by atoms with Crippen LogP contribution >= 0.6 is 0 Å². The minimum absolute atomic E-state index is 0.108. The lowest BCUT2D eigenvalue weighted by molar-refractivity contribution is -0.117. The van der Waals surface area contributed by atoms with Crippen LogP contribution in [0, 0.1) is 0 Å². The number of nitrogens with one attached hydrogen (secondary N) is 2. The molecule has 0 radical (unpaired) electrons. The van der Waals surface area contributed by atoms with E-state index in [-0.39, 0.29) is 5.91 Å². The van der Waals surface area contributed by atoms with Crippen LogP contribution in [-0.4, -0.2) is 29.0 Å². The predicted octanol–water partition coefficient (Wildman–Crippen LogP) is 3.75. The molecular weight excluding hydrogens is 350 g/mol. The summed E-state index contributed by atoms with van der Waals surface area (Å²) in [6, 6.07) is 20.1. The zero-order valence-electron chi connectivity index (χ0n) is 15.6. The van der Waals surface area contributed by atoms with Crippen LogP contribution in [-0.2, 0) is 4.79 Å². The van der Waals surface area contributed by atoms with Crippen molar-refractivity contribution < 1.29 is 4.79 Å². The summed E-state index contributed by atoms with van der Waals surface area (Å²) in [6.07, 6.45) is 3.28. The van der Waals surface area contributed by atoms with Crippen molar-refractivity contribution >= 4 is 39.1 Å². The lowest BCUT2D eigenvalue weighted by Crippen LogP contribution is -2.44. The van der Waals surface area contributed by atoms with Gasteiger partial charge >= 0.3 is 0 Å². The molecule has 1 aromatic heterocycles. The van der Waals surface area contributed by atoms with Crippen LogP contribution in [0.2, 0.25) is 0 Å². The standard InChI is InChI=1S/C22H21N5O/c1-16(28)27(21-11-5-10-20-22(21)25-13-12-24-20)26-15-14-23-19-9-4-7-17-6-2-3-8-18(17)19/h2-13,23,26H,14-15H2,1H3. The molecule has 0 saturated carbocycles. The molecular formula is C22H21N5O. The summed E-state index contributed by atoms with van der Waals surface area (Å²) < 4.78 is 0. The topological polar surface area (TPSA) is 70.2 Å². The second-order valence-corrected chi connectivity index (χ2v) is 6.42. The minimum atomic E-state index is -0.108. The zero-order valence-corrected chi connectivity index (χ0v) is 15.6. The highest BCUT2D eigenvalue weighted by Crippen LogP contribution is 2.23. The van der Waals surface area contributed by atoms with E-state index in [4.69, 9.17) is 0 Å². The van der Waals surface area contributed by atoms with Gasteiger partial charge in [-0.25, -0.2) is 10.4 Å². The van der Waals surface area contributed by atoms with Gasteiger partial charge in [0.2, 0.25) is 5.91 Å². The van der Waals surface area contributed by atoms with Crippen molar-refractivity contribution in [1.29, 1.82) is 0 Å². The van der Waals surface area contributed by atoms with E-state index in [1.165, 1.54) is 22.7 Å². The highest BCUT2D eigenvalue weighted by molar-refractivity contribution is 5.99. The number of anilines is 2. The Labute approximate surface area is 163 Å². The van der Waals surface area contributed by atoms with Gasteiger partial charge in [0.25, 0.3) is 0 Å². The first kappa shape index (κ1) is 17.9. The second-order valence-electron chi connectivity index (χ2n) is 6.42. The molecule has 2 N–H and O–H groups in total. The summed E-state index contributed by atoms with van der Waals surface area (Å²) in [6.45, 7) is 2.76. The fraction of sp³-hybridized carbons (Fsp3) is 0.136. The van der Waals surface area contributed by atoms with E-state index < -0.39 is 0 Å². The smallest absolute Gasteiger partial charge is 0.238 e. The third kappa shape index (κ3) is 3.63. The molecule has 4 rings (SSSR count). The second kappa shape index (κ2) is 8.02. The van der Waals surface area contributed by atoms with Crippen molar-refractivity contribution in [1.82, 2.24) is 15.4 Å². The molecule has 1 amide bonds. The molecule has 0 bridgehead atoms. The summed E-state index contributed by atoms with van der Waals surface area (Å²) in [5.41, 5.74) is 6.41. The van der Waals surface area contributed by atoms with E-state index in [1.54, 1.807) is 12.4 Å². The van der Waals surface area contributed by atoms with E-state index in [1.807, 2.05) is 36.4 Å². The Morgan fingerprint density at radius 2 is 1.71 bits per heavy atom. The number of hydrazine groups is 1. The maximum atomic E-state index is 12.2. The molecule has 140 valence electrons. The molecule has 0 spiro atoms. The van der Waals surface area contributed by atoms with Gasteiger partial charge in [0.05, 0.1) is 11.2 Å². The van der Waals surface area contributed by atoms with E-state index in [9.17, 15) is 4.79 Å². The van der Waals surface area contributed by atoms with Gasteiger partial charge < -0.3 is 5.32 Å². The molecule has 3 aromatic carbocycles. The number of rotatable bonds is 6. The Morgan fingerprint density at radius 1 is 0.929 bits per heavy atom. The van der Waals surface area contributed by atoms with Gasteiger partial charge in [0, 0.05) is 43.5 Å². The van der Waals surface area contributed by atoms with Crippen LogP contribution < -0.4 is 15.8 Å². The Kier molecular flexibility index (Phi) is 5.12. The Bertz CT molecular complexity index is 1120. The lowest BCUT2D eigenvalue weighted by atomic mass is 10.1. The zero-order chi connectivity index (χ0) is 19.3. The van der Waals surface area contributed by atoms with Crippen molar-refractivity contribution in [2.75, 3.05) is 23.4 Å². The number of carbonyl (C=O) groups excluding carboxylic acids is 1. The van der Waals surface area contributed by atoms with Crippen LogP contribution in [0.1, 0.15) is 6.92 Å². The minimum Gasteiger partial charge on any atom is -0.383 e. The SMILES string of the molecule is CC(=O)N(NCCNc1cccc2ccccc12)c1cccc2nccnc12. The highest BCUT2D eigenvalue weighted by atomic mass is 16.2. The van der Waals surface area contributed by atoms with Crippen LogP contribution in [0.3, 0.4) is 0 Å².